The second kappa shape index (κ2) is 10.7. The van der Waals surface area contributed by atoms with Crippen molar-refractivity contribution in [3.8, 4) is 0 Å². The van der Waals surface area contributed by atoms with E-state index in [1.165, 1.54) is 64.2 Å². The maximum absolute atomic E-state index is 2.77. The molecule has 2 rings (SSSR count). The standard InChI is InChI=1S/C20H40N2S2/c1-6-16(3)21(19-12-8-9-13-19)23-18(5)24-22(17(4)7-2)20-14-10-11-15-20/h16-20H,6-15H2,1-5H3. The van der Waals surface area contributed by atoms with Crippen LogP contribution in [0.1, 0.15) is 98.8 Å². The molecule has 0 amide bonds. The molecule has 2 saturated carbocycles. The molecule has 4 heteroatoms. The van der Waals surface area contributed by atoms with Crippen LogP contribution in [0, 0.1) is 0 Å². The Hall–Kier alpha value is 0.620. The molecule has 0 aromatic rings. The molecule has 2 fully saturated rings. The van der Waals surface area contributed by atoms with Gasteiger partial charge in [-0.25, -0.2) is 8.61 Å². The van der Waals surface area contributed by atoms with Crippen LogP contribution in [0.15, 0.2) is 0 Å². The summed E-state index contributed by atoms with van der Waals surface area (Å²) >= 11 is 4.29. The molecule has 0 aromatic carbocycles. The van der Waals surface area contributed by atoms with E-state index in [1.54, 1.807) is 0 Å². The van der Waals surface area contributed by atoms with E-state index >= 15 is 0 Å². The molecule has 0 N–H and O–H groups in total. The quantitative estimate of drug-likeness (QED) is 0.310. The first-order valence-corrected chi connectivity index (χ1v) is 12.1. The average molecular weight is 373 g/mol. The smallest absolute Gasteiger partial charge is 0.0768 e. The summed E-state index contributed by atoms with van der Waals surface area (Å²) < 4.78 is 6.16. The summed E-state index contributed by atoms with van der Waals surface area (Å²) in [5.41, 5.74) is 0. The highest BCUT2D eigenvalue weighted by Gasteiger charge is 2.31. The minimum absolute atomic E-state index is 0.620. The van der Waals surface area contributed by atoms with Crippen molar-refractivity contribution in [1.82, 2.24) is 8.61 Å². The lowest BCUT2D eigenvalue weighted by atomic mass is 10.2. The molecule has 0 spiro atoms. The van der Waals surface area contributed by atoms with Crippen LogP contribution in [0.5, 0.6) is 0 Å². The van der Waals surface area contributed by atoms with Gasteiger partial charge in [0.1, 0.15) is 0 Å². The normalized spacial score (nSPS) is 24.1. The van der Waals surface area contributed by atoms with Crippen LogP contribution in [0.3, 0.4) is 0 Å². The third-order valence-corrected chi connectivity index (χ3v) is 8.87. The van der Waals surface area contributed by atoms with Crippen LogP contribution in [0.4, 0.5) is 0 Å². The lowest BCUT2D eigenvalue weighted by Gasteiger charge is -2.38. The summed E-state index contributed by atoms with van der Waals surface area (Å²) in [6, 6.07) is 3.03. The molecule has 2 unspecified atom stereocenters. The summed E-state index contributed by atoms with van der Waals surface area (Å²) in [6.45, 7) is 12.0. The van der Waals surface area contributed by atoms with Gasteiger partial charge in [0, 0.05) is 24.2 Å². The number of hydrogen-bond acceptors (Lipinski definition) is 4. The monoisotopic (exact) mass is 372 g/mol. The highest BCUT2D eigenvalue weighted by Crippen LogP contribution is 2.40. The lowest BCUT2D eigenvalue weighted by molar-refractivity contribution is 0.279. The van der Waals surface area contributed by atoms with Gasteiger partial charge in [-0.15, -0.1) is 0 Å². The number of rotatable bonds is 10. The van der Waals surface area contributed by atoms with Crippen molar-refractivity contribution in [2.75, 3.05) is 0 Å². The molecule has 2 aliphatic rings. The first-order chi connectivity index (χ1) is 11.6. The minimum atomic E-state index is 0.620. The van der Waals surface area contributed by atoms with Crippen LogP contribution in [0.2, 0.25) is 0 Å². The fraction of sp³-hybridized carbons (Fsp3) is 1.00. The summed E-state index contributed by atoms with van der Waals surface area (Å²) in [5.74, 6) is 0. The predicted octanol–water partition coefficient (Wildman–Crippen LogP) is 6.72. The van der Waals surface area contributed by atoms with Gasteiger partial charge in [0.25, 0.3) is 0 Å². The molecule has 0 heterocycles. The van der Waals surface area contributed by atoms with Crippen LogP contribution in [0.25, 0.3) is 0 Å². The van der Waals surface area contributed by atoms with Gasteiger partial charge in [-0.1, -0.05) is 63.4 Å². The molecule has 24 heavy (non-hydrogen) atoms. The first kappa shape index (κ1) is 20.9. The van der Waals surface area contributed by atoms with E-state index in [9.17, 15) is 0 Å². The van der Waals surface area contributed by atoms with Gasteiger partial charge in [-0.3, -0.25) is 0 Å². The Bertz CT molecular complexity index is 309. The molecule has 2 nitrogen and oxygen atoms in total. The molecule has 2 aliphatic carbocycles. The zero-order valence-corrected chi connectivity index (χ0v) is 18.3. The lowest BCUT2D eigenvalue weighted by Crippen LogP contribution is -2.38. The predicted molar refractivity (Wildman–Crippen MR) is 112 cm³/mol. The maximum Gasteiger partial charge on any atom is 0.0768 e. The summed E-state index contributed by atoms with van der Waals surface area (Å²) in [7, 11) is 0. The van der Waals surface area contributed by atoms with Crippen LogP contribution in [-0.4, -0.2) is 37.4 Å². The molecule has 0 aliphatic heterocycles. The highest BCUT2D eigenvalue weighted by atomic mass is 32.2. The largest absolute Gasteiger partial charge is 0.244 e. The first-order valence-electron chi connectivity index (χ1n) is 10.5. The Morgan fingerprint density at radius 3 is 1.33 bits per heavy atom. The second-order valence-corrected chi connectivity index (χ2v) is 10.9. The van der Waals surface area contributed by atoms with E-state index < -0.39 is 0 Å². The fourth-order valence-electron chi connectivity index (χ4n) is 4.14. The Labute approximate surface area is 160 Å². The summed E-state index contributed by atoms with van der Waals surface area (Å²) in [6.07, 6.45) is 13.9. The number of nitrogens with zero attached hydrogens (tertiary/aromatic N) is 2. The van der Waals surface area contributed by atoms with Gasteiger partial charge >= 0.3 is 0 Å². The highest BCUT2D eigenvalue weighted by molar-refractivity contribution is 8.14. The molecular formula is C20H40N2S2. The topological polar surface area (TPSA) is 6.48 Å². The van der Waals surface area contributed by atoms with Crippen molar-refractivity contribution < 1.29 is 0 Å². The molecular weight excluding hydrogens is 332 g/mol. The van der Waals surface area contributed by atoms with E-state index in [2.05, 4.69) is 67.1 Å². The van der Waals surface area contributed by atoms with E-state index in [-0.39, 0.29) is 0 Å². The van der Waals surface area contributed by atoms with E-state index in [1.807, 2.05) is 0 Å². The van der Waals surface area contributed by atoms with Gasteiger partial charge in [0.15, 0.2) is 0 Å². The van der Waals surface area contributed by atoms with Gasteiger partial charge in [0.05, 0.1) is 4.58 Å². The van der Waals surface area contributed by atoms with E-state index in [0.717, 1.165) is 12.1 Å². The Balaban J connectivity index is 1.95. The van der Waals surface area contributed by atoms with Crippen LogP contribution in [-0.2, 0) is 0 Å². The van der Waals surface area contributed by atoms with Crippen molar-refractivity contribution in [1.29, 1.82) is 0 Å². The van der Waals surface area contributed by atoms with Crippen LogP contribution >= 0.6 is 23.9 Å². The SMILES string of the molecule is CCC(C)N(SC(C)SN(C(C)CC)C1CCCC1)C1CCCC1. The maximum atomic E-state index is 2.77. The van der Waals surface area contributed by atoms with E-state index in [0.29, 0.717) is 16.7 Å². The zero-order chi connectivity index (χ0) is 17.5. The van der Waals surface area contributed by atoms with Gasteiger partial charge < -0.3 is 0 Å². The number of hydrogen-bond donors (Lipinski definition) is 0. The molecule has 2 atom stereocenters. The van der Waals surface area contributed by atoms with Crippen molar-refractivity contribution in [3.63, 3.8) is 0 Å². The van der Waals surface area contributed by atoms with E-state index in [4.69, 9.17) is 0 Å². The van der Waals surface area contributed by atoms with Crippen molar-refractivity contribution in [2.45, 2.75) is 128 Å². The molecule has 0 saturated heterocycles. The Morgan fingerprint density at radius 1 is 0.708 bits per heavy atom. The summed E-state index contributed by atoms with van der Waals surface area (Å²) in [5, 5.41) is 0. The van der Waals surface area contributed by atoms with Gasteiger partial charge in [0.2, 0.25) is 0 Å². The Kier molecular flexibility index (Phi) is 9.32. The fourth-order valence-corrected chi connectivity index (χ4v) is 7.05. The molecule has 0 aromatic heterocycles. The zero-order valence-electron chi connectivity index (χ0n) is 16.7. The molecule has 0 bridgehead atoms. The minimum Gasteiger partial charge on any atom is -0.244 e. The second-order valence-electron chi connectivity index (χ2n) is 7.89. The third kappa shape index (κ3) is 5.82. The van der Waals surface area contributed by atoms with Crippen molar-refractivity contribution in [3.05, 3.63) is 0 Å². The molecule has 142 valence electrons. The Morgan fingerprint density at radius 2 is 1.04 bits per heavy atom. The van der Waals surface area contributed by atoms with Crippen molar-refractivity contribution >= 4 is 23.9 Å². The van der Waals surface area contributed by atoms with Crippen LogP contribution < -0.4 is 0 Å². The summed E-state index contributed by atoms with van der Waals surface area (Å²) in [4.78, 5) is 0. The van der Waals surface area contributed by atoms with Crippen molar-refractivity contribution in [2.24, 2.45) is 0 Å². The average Bonchev–Trinajstić information content (AvgIpc) is 3.29. The molecule has 0 radical (unpaired) electrons. The van der Waals surface area contributed by atoms with Gasteiger partial charge in [-0.2, -0.15) is 0 Å². The van der Waals surface area contributed by atoms with Gasteiger partial charge in [-0.05, 0) is 59.3 Å². The third-order valence-electron chi connectivity index (χ3n) is 5.96.